The van der Waals surface area contributed by atoms with Crippen molar-refractivity contribution < 1.29 is 9.47 Å². The number of ether oxygens (including phenoxy) is 2. The Morgan fingerprint density at radius 3 is 2.53 bits per heavy atom. The van der Waals surface area contributed by atoms with Crippen LogP contribution in [-0.4, -0.2) is 14.2 Å². The number of para-hydroxylation sites is 1. The molecule has 0 aromatic heterocycles. The van der Waals surface area contributed by atoms with Crippen molar-refractivity contribution in [3.63, 3.8) is 0 Å². The predicted octanol–water partition coefficient (Wildman–Crippen LogP) is 3.92. The first-order chi connectivity index (χ1) is 9.31. The average molecular weight is 273 g/mol. The third kappa shape index (κ3) is 2.24. The van der Waals surface area contributed by atoms with Crippen LogP contribution in [0.4, 0.5) is 5.69 Å². The van der Waals surface area contributed by atoms with Crippen LogP contribution in [0.25, 0.3) is 0 Å². The first-order valence-corrected chi connectivity index (χ1v) is 6.94. The second-order valence-electron chi connectivity index (χ2n) is 4.25. The minimum Gasteiger partial charge on any atom is -0.493 e. The Labute approximate surface area is 116 Å². The van der Waals surface area contributed by atoms with Crippen LogP contribution in [0, 0.1) is 0 Å². The highest BCUT2D eigenvalue weighted by Gasteiger charge is 2.23. The van der Waals surface area contributed by atoms with Gasteiger partial charge in [-0.1, -0.05) is 30.0 Å². The van der Waals surface area contributed by atoms with Gasteiger partial charge in [-0.25, -0.2) is 0 Å². The number of anilines is 1. The van der Waals surface area contributed by atoms with Crippen LogP contribution < -0.4 is 14.8 Å². The van der Waals surface area contributed by atoms with Crippen molar-refractivity contribution in [1.29, 1.82) is 0 Å². The van der Waals surface area contributed by atoms with Gasteiger partial charge in [0.25, 0.3) is 0 Å². The Balaban J connectivity index is 1.89. The number of rotatable bonds is 3. The first kappa shape index (κ1) is 12.2. The summed E-state index contributed by atoms with van der Waals surface area (Å²) in [6.45, 7) is 0. The number of thioether (sulfide) groups is 1. The summed E-state index contributed by atoms with van der Waals surface area (Å²) in [5.41, 5.74) is 2.37. The number of benzene rings is 2. The van der Waals surface area contributed by atoms with Gasteiger partial charge in [0, 0.05) is 10.6 Å². The summed E-state index contributed by atoms with van der Waals surface area (Å²) in [6.07, 6.45) is 0. The Morgan fingerprint density at radius 2 is 1.79 bits per heavy atom. The van der Waals surface area contributed by atoms with E-state index in [0.29, 0.717) is 0 Å². The normalized spacial score (nSPS) is 16.6. The summed E-state index contributed by atoms with van der Waals surface area (Å²) in [7, 11) is 3.31. The Kier molecular flexibility index (Phi) is 3.25. The molecular weight excluding hydrogens is 258 g/mol. The van der Waals surface area contributed by atoms with Gasteiger partial charge < -0.3 is 14.8 Å². The van der Waals surface area contributed by atoms with Gasteiger partial charge in [0.05, 0.1) is 14.2 Å². The molecule has 3 nitrogen and oxygen atoms in total. The molecule has 0 saturated heterocycles. The summed E-state index contributed by atoms with van der Waals surface area (Å²) in [4.78, 5) is 1.28. The maximum absolute atomic E-state index is 5.35. The van der Waals surface area contributed by atoms with Gasteiger partial charge in [0.2, 0.25) is 0 Å². The molecule has 0 radical (unpaired) electrons. The van der Waals surface area contributed by atoms with E-state index in [9.17, 15) is 0 Å². The van der Waals surface area contributed by atoms with E-state index in [1.54, 1.807) is 14.2 Å². The number of hydrogen-bond donors (Lipinski definition) is 1. The molecule has 0 bridgehead atoms. The van der Waals surface area contributed by atoms with E-state index in [2.05, 4.69) is 29.6 Å². The Morgan fingerprint density at radius 1 is 1.00 bits per heavy atom. The van der Waals surface area contributed by atoms with Crippen LogP contribution in [0.1, 0.15) is 10.9 Å². The molecule has 2 aromatic rings. The number of hydrogen-bond acceptors (Lipinski definition) is 4. The zero-order valence-corrected chi connectivity index (χ0v) is 11.7. The molecule has 2 aromatic carbocycles. The van der Waals surface area contributed by atoms with Crippen LogP contribution in [0.2, 0.25) is 0 Å². The van der Waals surface area contributed by atoms with Gasteiger partial charge in [-0.15, -0.1) is 0 Å². The van der Waals surface area contributed by atoms with Gasteiger partial charge in [0.1, 0.15) is 5.37 Å². The summed E-state index contributed by atoms with van der Waals surface area (Å²) < 4.78 is 10.6. The second-order valence-corrected chi connectivity index (χ2v) is 5.40. The van der Waals surface area contributed by atoms with Gasteiger partial charge in [-0.3, -0.25) is 0 Å². The smallest absolute Gasteiger partial charge is 0.161 e. The largest absolute Gasteiger partial charge is 0.493 e. The fourth-order valence-corrected chi connectivity index (χ4v) is 3.29. The first-order valence-electron chi connectivity index (χ1n) is 6.06. The van der Waals surface area contributed by atoms with Crippen molar-refractivity contribution in [2.45, 2.75) is 10.3 Å². The summed E-state index contributed by atoms with van der Waals surface area (Å²) >= 11 is 1.81. The van der Waals surface area contributed by atoms with Gasteiger partial charge in [-0.05, 0) is 29.8 Å². The lowest BCUT2D eigenvalue weighted by atomic mass is 10.2. The van der Waals surface area contributed by atoms with Gasteiger partial charge in [-0.2, -0.15) is 0 Å². The molecule has 0 amide bonds. The summed E-state index contributed by atoms with van der Waals surface area (Å²) in [5.74, 6) is 1.52. The molecule has 1 N–H and O–H groups in total. The lowest BCUT2D eigenvalue weighted by Gasteiger charge is -2.14. The summed E-state index contributed by atoms with van der Waals surface area (Å²) in [6, 6.07) is 14.4. The average Bonchev–Trinajstić information content (AvgIpc) is 2.90. The number of nitrogens with one attached hydrogen (secondary N) is 1. The van der Waals surface area contributed by atoms with Gasteiger partial charge >= 0.3 is 0 Å². The molecular formula is C15H15NO2S. The highest BCUT2D eigenvalue weighted by Crippen LogP contribution is 2.47. The van der Waals surface area contributed by atoms with E-state index in [4.69, 9.17) is 9.47 Å². The van der Waals surface area contributed by atoms with E-state index in [1.165, 1.54) is 16.1 Å². The van der Waals surface area contributed by atoms with Crippen molar-refractivity contribution in [2.75, 3.05) is 19.5 Å². The van der Waals surface area contributed by atoms with Crippen LogP contribution in [-0.2, 0) is 0 Å². The third-order valence-corrected chi connectivity index (χ3v) is 4.36. The van der Waals surface area contributed by atoms with E-state index < -0.39 is 0 Å². The van der Waals surface area contributed by atoms with Crippen LogP contribution in [0.3, 0.4) is 0 Å². The lowest BCUT2D eigenvalue weighted by molar-refractivity contribution is 0.354. The van der Waals surface area contributed by atoms with Crippen LogP contribution >= 0.6 is 11.8 Å². The summed E-state index contributed by atoms with van der Waals surface area (Å²) in [5, 5.41) is 3.73. The molecule has 98 valence electrons. The minimum atomic E-state index is 0.220. The number of fused-ring (bicyclic) bond motifs is 1. The molecule has 0 saturated carbocycles. The monoisotopic (exact) mass is 273 g/mol. The van der Waals surface area contributed by atoms with E-state index in [1.807, 2.05) is 30.0 Å². The second kappa shape index (κ2) is 5.05. The molecule has 4 heteroatoms. The lowest BCUT2D eigenvalue weighted by Crippen LogP contribution is -2.02. The Bertz CT molecular complexity index is 575. The minimum absolute atomic E-state index is 0.220. The SMILES string of the molecule is COc1ccc(C2Nc3ccccc3S2)cc1OC. The topological polar surface area (TPSA) is 30.5 Å². The zero-order chi connectivity index (χ0) is 13.2. The highest BCUT2D eigenvalue weighted by atomic mass is 32.2. The van der Waals surface area contributed by atoms with Gasteiger partial charge in [0.15, 0.2) is 11.5 Å². The van der Waals surface area contributed by atoms with Crippen molar-refractivity contribution in [3.8, 4) is 11.5 Å². The van der Waals surface area contributed by atoms with Crippen molar-refractivity contribution >= 4 is 17.4 Å². The third-order valence-electron chi connectivity index (χ3n) is 3.13. The van der Waals surface area contributed by atoms with Crippen molar-refractivity contribution in [3.05, 3.63) is 48.0 Å². The molecule has 1 atom stereocenters. The quantitative estimate of drug-likeness (QED) is 0.918. The molecule has 0 spiro atoms. The van der Waals surface area contributed by atoms with Crippen LogP contribution in [0.15, 0.2) is 47.4 Å². The molecule has 1 aliphatic heterocycles. The molecule has 1 aliphatic rings. The predicted molar refractivity (Wildman–Crippen MR) is 78.2 cm³/mol. The molecule has 0 fully saturated rings. The Hall–Kier alpha value is -1.81. The maximum Gasteiger partial charge on any atom is 0.161 e. The number of methoxy groups -OCH3 is 2. The van der Waals surface area contributed by atoms with Crippen molar-refractivity contribution in [1.82, 2.24) is 0 Å². The molecule has 3 rings (SSSR count). The fraction of sp³-hybridized carbons (Fsp3) is 0.200. The zero-order valence-electron chi connectivity index (χ0n) is 10.8. The molecule has 0 aliphatic carbocycles. The van der Waals surface area contributed by atoms with E-state index in [-0.39, 0.29) is 5.37 Å². The fourth-order valence-electron chi connectivity index (χ4n) is 2.15. The maximum atomic E-state index is 5.35. The highest BCUT2D eigenvalue weighted by molar-refractivity contribution is 8.00. The van der Waals surface area contributed by atoms with E-state index in [0.717, 1.165) is 11.5 Å². The molecule has 1 unspecified atom stereocenters. The van der Waals surface area contributed by atoms with E-state index >= 15 is 0 Å². The molecule has 1 heterocycles. The van der Waals surface area contributed by atoms with Crippen molar-refractivity contribution in [2.24, 2.45) is 0 Å². The standard InChI is InChI=1S/C15H15NO2S/c1-17-12-8-7-10(9-13(12)18-2)15-16-11-5-3-4-6-14(11)19-15/h3-9,15-16H,1-2H3. The molecule has 19 heavy (non-hydrogen) atoms. The van der Waals surface area contributed by atoms with Crippen LogP contribution in [0.5, 0.6) is 11.5 Å².